The van der Waals surface area contributed by atoms with Gasteiger partial charge in [-0.3, -0.25) is 4.79 Å². The van der Waals surface area contributed by atoms with E-state index in [0.29, 0.717) is 23.5 Å². The Hall–Kier alpha value is -3.57. The van der Waals surface area contributed by atoms with Crippen molar-refractivity contribution in [3.8, 4) is 11.5 Å². The molecule has 1 unspecified atom stereocenters. The van der Waals surface area contributed by atoms with Crippen LogP contribution in [0.2, 0.25) is 0 Å². The van der Waals surface area contributed by atoms with Gasteiger partial charge in [-0.1, -0.05) is 32.4 Å². The number of nitrogens with zero attached hydrogens (tertiary/aromatic N) is 1. The largest absolute Gasteiger partial charge is 0.490 e. The van der Waals surface area contributed by atoms with Crippen molar-refractivity contribution in [1.82, 2.24) is 14.9 Å². The number of nitrogens with one attached hydrogen (secondary N) is 2. The molecule has 0 bridgehead atoms. The van der Waals surface area contributed by atoms with E-state index in [1.807, 2.05) is 50.2 Å². The molecular weight excluding hydrogens is 697 g/mol. The van der Waals surface area contributed by atoms with Crippen LogP contribution < -0.4 is 19.5 Å². The first-order valence-corrected chi connectivity index (χ1v) is 20.3. The maximum atomic E-state index is 16.5. The van der Waals surface area contributed by atoms with E-state index in [1.165, 1.54) is 36.3 Å². The molecule has 1 atom stereocenters. The third kappa shape index (κ3) is 11.5. The van der Waals surface area contributed by atoms with Crippen molar-refractivity contribution in [3.05, 3.63) is 66.2 Å². The van der Waals surface area contributed by atoms with Crippen LogP contribution in [0.5, 0.6) is 11.5 Å². The fraction of sp³-hybridized carbons (Fsp3) is 0.571. The van der Waals surface area contributed by atoms with Crippen molar-refractivity contribution in [2.75, 3.05) is 13.1 Å². The van der Waals surface area contributed by atoms with Crippen LogP contribution in [0.25, 0.3) is 10.8 Å². The zero-order chi connectivity index (χ0) is 38.0. The standard InChI is InChI=1S/C40H51F2N3O5S.C2H6/c1-39(2,3)50-38(47)43-30-21-23-45(24-22-30)37(46)36(40(41,42)29-15-18-33(19-16-29)48-31-9-5-4-6-10-31)44-51-35-20-14-27-25-34(17-13-28(27)26-35)49-32-11-7-8-12-32;1-2/h13-20,25-26,30-32,36,44H,4-12,21-24H2,1-3H3,(H,43,47);1-2H3. The van der Waals surface area contributed by atoms with Crippen LogP contribution in [-0.4, -0.2) is 59.9 Å². The Morgan fingerprint density at radius 1 is 0.755 bits per heavy atom. The van der Waals surface area contributed by atoms with E-state index in [0.717, 1.165) is 67.0 Å². The zero-order valence-electron chi connectivity index (χ0n) is 31.9. The first-order valence-electron chi connectivity index (χ1n) is 19.5. The van der Waals surface area contributed by atoms with Gasteiger partial charge >= 0.3 is 6.09 Å². The van der Waals surface area contributed by atoms with Gasteiger partial charge in [-0.2, -0.15) is 8.78 Å². The van der Waals surface area contributed by atoms with Gasteiger partial charge in [0.2, 0.25) is 5.91 Å². The molecule has 0 spiro atoms. The summed E-state index contributed by atoms with van der Waals surface area (Å²) < 4.78 is 53.6. The Kier molecular flexibility index (Phi) is 14.3. The number of rotatable bonds is 11. The molecule has 11 heteroatoms. The van der Waals surface area contributed by atoms with Crippen LogP contribution in [0.3, 0.4) is 0 Å². The van der Waals surface area contributed by atoms with Gasteiger partial charge in [-0.25, -0.2) is 9.52 Å². The van der Waals surface area contributed by atoms with E-state index in [1.54, 1.807) is 32.9 Å². The van der Waals surface area contributed by atoms with Gasteiger partial charge < -0.3 is 24.4 Å². The lowest BCUT2D eigenvalue weighted by Crippen LogP contribution is -2.56. The Labute approximate surface area is 318 Å². The second kappa shape index (κ2) is 18.7. The summed E-state index contributed by atoms with van der Waals surface area (Å²) in [6, 6.07) is 15.5. The second-order valence-electron chi connectivity index (χ2n) is 15.1. The number of amides is 2. The maximum Gasteiger partial charge on any atom is 0.407 e. The number of hydrogen-bond acceptors (Lipinski definition) is 7. The van der Waals surface area contributed by atoms with Gasteiger partial charge in [-0.15, -0.1) is 0 Å². The fourth-order valence-corrected chi connectivity index (χ4v) is 7.97. The first-order chi connectivity index (χ1) is 25.4. The highest BCUT2D eigenvalue weighted by Crippen LogP contribution is 2.37. The second-order valence-corrected chi connectivity index (χ2v) is 16.0. The monoisotopic (exact) mass is 753 g/mol. The SMILES string of the molecule is CC.CC(C)(C)OC(=O)NC1CCN(C(=O)C(NSc2ccc3cc(OC4CCCC4)ccc3c2)C(F)(F)c2ccc(OC3CCCCC3)cc2)CC1. The molecule has 8 nitrogen and oxygen atoms in total. The van der Waals surface area contributed by atoms with Crippen LogP contribution in [0.4, 0.5) is 13.6 Å². The third-order valence-corrected chi connectivity index (χ3v) is 10.8. The molecule has 1 aliphatic heterocycles. The van der Waals surface area contributed by atoms with Crippen LogP contribution >= 0.6 is 11.9 Å². The van der Waals surface area contributed by atoms with Gasteiger partial charge in [0.05, 0.1) is 12.2 Å². The molecule has 3 fully saturated rings. The number of carbonyl (C=O) groups excluding carboxylic acids is 2. The number of hydrogen-bond donors (Lipinski definition) is 2. The Morgan fingerprint density at radius 2 is 1.30 bits per heavy atom. The number of alkyl halides is 2. The van der Waals surface area contributed by atoms with E-state index in [2.05, 4.69) is 10.0 Å². The highest BCUT2D eigenvalue weighted by molar-refractivity contribution is 7.97. The molecule has 3 aromatic rings. The number of ether oxygens (including phenoxy) is 3. The molecule has 53 heavy (non-hydrogen) atoms. The quantitative estimate of drug-likeness (QED) is 0.189. The third-order valence-electron chi connectivity index (χ3n) is 9.91. The molecule has 1 heterocycles. The lowest BCUT2D eigenvalue weighted by Gasteiger charge is -2.36. The van der Waals surface area contributed by atoms with Crippen LogP contribution in [0, 0.1) is 0 Å². The summed E-state index contributed by atoms with van der Waals surface area (Å²) in [6.07, 6.45) is 10.5. The van der Waals surface area contributed by atoms with E-state index in [-0.39, 0.29) is 36.9 Å². The normalized spacial score (nSPS) is 18.2. The van der Waals surface area contributed by atoms with Gasteiger partial charge in [0.1, 0.15) is 17.1 Å². The molecule has 2 N–H and O–H groups in total. The van der Waals surface area contributed by atoms with Gasteiger partial charge in [0.15, 0.2) is 6.04 Å². The number of halogens is 2. The Balaban J connectivity index is 0.00000266. The first kappa shape index (κ1) is 40.6. The van der Waals surface area contributed by atoms with Crippen LogP contribution in [0.15, 0.2) is 65.6 Å². The van der Waals surface area contributed by atoms with Gasteiger partial charge in [-0.05, 0) is 156 Å². The van der Waals surface area contributed by atoms with Crippen molar-refractivity contribution in [1.29, 1.82) is 0 Å². The van der Waals surface area contributed by atoms with E-state index in [4.69, 9.17) is 14.2 Å². The molecule has 1 saturated heterocycles. The molecule has 0 aromatic heterocycles. The fourth-order valence-electron chi connectivity index (χ4n) is 7.14. The number of likely N-dealkylation sites (tertiary alicyclic amines) is 1. The smallest absolute Gasteiger partial charge is 0.407 e. The highest BCUT2D eigenvalue weighted by atomic mass is 32.2. The van der Waals surface area contributed by atoms with E-state index >= 15 is 8.78 Å². The predicted molar refractivity (Wildman–Crippen MR) is 208 cm³/mol. The predicted octanol–water partition coefficient (Wildman–Crippen LogP) is 10.2. The number of benzene rings is 3. The molecule has 3 aliphatic rings. The van der Waals surface area contributed by atoms with Crippen molar-refractivity contribution < 1.29 is 32.6 Å². The molecule has 2 aliphatic carbocycles. The lowest BCUT2D eigenvalue weighted by molar-refractivity contribution is -0.145. The lowest BCUT2D eigenvalue weighted by atomic mass is 9.97. The summed E-state index contributed by atoms with van der Waals surface area (Å²) in [4.78, 5) is 28.5. The average Bonchev–Trinajstić information content (AvgIpc) is 3.65. The Bertz CT molecular complexity index is 1630. The maximum absolute atomic E-state index is 16.5. The highest BCUT2D eigenvalue weighted by Gasteiger charge is 2.48. The Morgan fingerprint density at radius 3 is 1.92 bits per heavy atom. The van der Waals surface area contributed by atoms with Crippen LogP contribution in [0.1, 0.15) is 111 Å². The summed E-state index contributed by atoms with van der Waals surface area (Å²) in [7, 11) is 0. The minimum atomic E-state index is -3.54. The molecule has 6 rings (SSSR count). The summed E-state index contributed by atoms with van der Waals surface area (Å²) in [5, 5.41) is 4.79. The molecule has 3 aromatic carbocycles. The number of alkyl carbamates (subject to hydrolysis) is 1. The van der Waals surface area contributed by atoms with E-state index < -0.39 is 29.6 Å². The number of fused-ring (bicyclic) bond motifs is 1. The summed E-state index contributed by atoms with van der Waals surface area (Å²) in [5.41, 5.74) is -0.903. The topological polar surface area (TPSA) is 89.1 Å². The van der Waals surface area contributed by atoms with E-state index in [9.17, 15) is 9.59 Å². The summed E-state index contributed by atoms with van der Waals surface area (Å²) in [5.74, 6) is -2.85. The summed E-state index contributed by atoms with van der Waals surface area (Å²) in [6.45, 7) is 9.83. The van der Waals surface area contributed by atoms with Crippen molar-refractivity contribution >= 4 is 34.7 Å². The van der Waals surface area contributed by atoms with Gasteiger partial charge in [0, 0.05) is 29.6 Å². The summed E-state index contributed by atoms with van der Waals surface area (Å²) >= 11 is 1.02. The molecule has 290 valence electrons. The zero-order valence-corrected chi connectivity index (χ0v) is 32.7. The minimum absolute atomic E-state index is 0.0959. The van der Waals surface area contributed by atoms with Crippen LogP contribution in [-0.2, 0) is 15.5 Å². The molecule has 2 saturated carbocycles. The molecule has 2 amide bonds. The number of piperidine rings is 1. The van der Waals surface area contributed by atoms with Crippen molar-refractivity contribution in [2.24, 2.45) is 0 Å². The van der Waals surface area contributed by atoms with Gasteiger partial charge in [0.25, 0.3) is 5.92 Å². The van der Waals surface area contributed by atoms with Crippen molar-refractivity contribution in [3.63, 3.8) is 0 Å². The van der Waals surface area contributed by atoms with Crippen molar-refractivity contribution in [2.45, 2.75) is 146 Å². The minimum Gasteiger partial charge on any atom is -0.490 e. The number of carbonyl (C=O) groups is 2. The molecular formula is C42H57F2N3O5S. The molecule has 0 radical (unpaired) electrons. The average molecular weight is 754 g/mol.